The highest BCUT2D eigenvalue weighted by Crippen LogP contribution is 2.29. The fraction of sp³-hybridized carbons (Fsp3) is 0.185. The van der Waals surface area contributed by atoms with E-state index in [-0.39, 0.29) is 34.6 Å². The number of aryl methyl sites for hydroxylation is 1. The van der Waals surface area contributed by atoms with E-state index in [4.69, 9.17) is 23.2 Å². The van der Waals surface area contributed by atoms with E-state index in [1.165, 1.54) is 30.0 Å². The van der Waals surface area contributed by atoms with Crippen molar-refractivity contribution in [1.82, 2.24) is 20.1 Å². The summed E-state index contributed by atoms with van der Waals surface area (Å²) in [5.74, 6) is -0.319. The Morgan fingerprint density at radius 1 is 1.03 bits per heavy atom. The summed E-state index contributed by atoms with van der Waals surface area (Å²) in [4.78, 5) is 27.8. The quantitative estimate of drug-likeness (QED) is 0.288. The summed E-state index contributed by atoms with van der Waals surface area (Å²) >= 11 is 13.4. The molecule has 194 valence electrons. The first kappa shape index (κ1) is 26.2. The third-order valence-electron chi connectivity index (χ3n) is 6.10. The van der Waals surface area contributed by atoms with Crippen molar-refractivity contribution >= 4 is 52.5 Å². The predicted octanol–water partition coefficient (Wildman–Crippen LogP) is 5.71. The molecule has 1 aliphatic heterocycles. The van der Waals surface area contributed by atoms with Crippen LogP contribution in [0.25, 0.3) is 5.69 Å². The molecule has 0 saturated carbocycles. The van der Waals surface area contributed by atoms with E-state index in [1.54, 1.807) is 33.7 Å². The van der Waals surface area contributed by atoms with Gasteiger partial charge in [0.1, 0.15) is 5.82 Å². The van der Waals surface area contributed by atoms with Crippen molar-refractivity contribution in [1.29, 1.82) is 0 Å². The number of benzene rings is 3. The zero-order chi connectivity index (χ0) is 26.6. The molecule has 0 aliphatic carbocycles. The molecule has 0 saturated heterocycles. The smallest absolute Gasteiger partial charge is 0.253 e. The number of para-hydroxylation sites is 1. The maximum atomic E-state index is 13.6. The number of halogens is 3. The van der Waals surface area contributed by atoms with Gasteiger partial charge in [-0.15, -0.1) is 10.2 Å². The third kappa shape index (κ3) is 5.70. The molecule has 0 radical (unpaired) electrons. The molecule has 0 fully saturated rings. The summed E-state index contributed by atoms with van der Waals surface area (Å²) < 4.78 is 15.3. The van der Waals surface area contributed by atoms with Crippen LogP contribution in [0.2, 0.25) is 10.0 Å². The lowest BCUT2D eigenvalue weighted by Crippen LogP contribution is -2.36. The first-order valence-electron chi connectivity index (χ1n) is 11.9. The molecule has 4 aromatic rings. The summed E-state index contributed by atoms with van der Waals surface area (Å²) in [6.45, 7) is 0.671. The normalized spacial score (nSPS) is 12.8. The van der Waals surface area contributed by atoms with Gasteiger partial charge in [-0.1, -0.05) is 53.2 Å². The lowest BCUT2D eigenvalue weighted by atomic mass is 10.0. The van der Waals surface area contributed by atoms with E-state index in [9.17, 15) is 14.0 Å². The second-order valence-corrected chi connectivity index (χ2v) is 10.4. The van der Waals surface area contributed by atoms with Gasteiger partial charge in [-0.3, -0.25) is 14.2 Å². The predicted molar refractivity (Wildman–Crippen MR) is 147 cm³/mol. The first-order valence-corrected chi connectivity index (χ1v) is 13.6. The second-order valence-electron chi connectivity index (χ2n) is 8.58. The standard InChI is InChI=1S/C27H22Cl2FN5O2S/c28-18-7-12-22(29)21(14-18)26(37)31-15-24-32-33-27(35(24)20-10-8-19(30)9-11-20)38-16-25(36)34-13-3-5-17-4-1-2-6-23(17)34/h1-2,4,6-12,14H,3,5,13,15-16H2,(H,31,37). The molecular formula is C27H22Cl2FN5O2S. The summed E-state index contributed by atoms with van der Waals surface area (Å²) in [5, 5.41) is 12.4. The van der Waals surface area contributed by atoms with Crippen LogP contribution in [-0.4, -0.2) is 38.9 Å². The Morgan fingerprint density at radius 2 is 1.82 bits per heavy atom. The van der Waals surface area contributed by atoms with Gasteiger partial charge in [-0.2, -0.15) is 0 Å². The van der Waals surface area contributed by atoms with Crippen molar-refractivity contribution in [2.75, 3.05) is 17.2 Å². The number of rotatable bonds is 7. The molecule has 2 amide bonds. The van der Waals surface area contributed by atoms with E-state index in [0.29, 0.717) is 28.2 Å². The van der Waals surface area contributed by atoms with Crippen LogP contribution in [0.5, 0.6) is 0 Å². The number of aromatic nitrogens is 3. The van der Waals surface area contributed by atoms with E-state index in [0.717, 1.165) is 24.1 Å². The molecule has 1 aromatic heterocycles. The monoisotopic (exact) mass is 569 g/mol. The Hall–Kier alpha value is -3.40. The van der Waals surface area contributed by atoms with E-state index < -0.39 is 5.91 Å². The van der Waals surface area contributed by atoms with E-state index >= 15 is 0 Å². The highest BCUT2D eigenvalue weighted by molar-refractivity contribution is 7.99. The number of anilines is 1. The topological polar surface area (TPSA) is 80.1 Å². The number of nitrogens with zero attached hydrogens (tertiary/aromatic N) is 4. The number of carbonyl (C=O) groups excluding carboxylic acids is 2. The summed E-state index contributed by atoms with van der Waals surface area (Å²) in [5.41, 5.74) is 2.92. The highest BCUT2D eigenvalue weighted by Gasteiger charge is 2.24. The molecule has 5 rings (SSSR count). The van der Waals surface area contributed by atoms with Crippen molar-refractivity contribution in [2.45, 2.75) is 24.5 Å². The molecular weight excluding hydrogens is 548 g/mol. The first-order chi connectivity index (χ1) is 18.4. The molecule has 11 heteroatoms. The fourth-order valence-electron chi connectivity index (χ4n) is 4.28. The summed E-state index contributed by atoms with van der Waals surface area (Å²) in [7, 11) is 0. The molecule has 2 heterocycles. The van der Waals surface area contributed by atoms with Crippen LogP contribution < -0.4 is 10.2 Å². The largest absolute Gasteiger partial charge is 0.345 e. The van der Waals surface area contributed by atoms with Crippen molar-refractivity contribution in [2.24, 2.45) is 0 Å². The van der Waals surface area contributed by atoms with Gasteiger partial charge < -0.3 is 10.2 Å². The van der Waals surface area contributed by atoms with Crippen molar-refractivity contribution in [3.63, 3.8) is 0 Å². The molecule has 7 nitrogen and oxygen atoms in total. The minimum Gasteiger partial charge on any atom is -0.345 e. The zero-order valence-electron chi connectivity index (χ0n) is 20.0. The van der Waals surface area contributed by atoms with Gasteiger partial charge in [-0.25, -0.2) is 4.39 Å². The van der Waals surface area contributed by atoms with Crippen LogP contribution in [-0.2, 0) is 17.8 Å². The van der Waals surface area contributed by atoms with Gasteiger partial charge in [-0.05, 0) is 66.9 Å². The lowest BCUT2D eigenvalue weighted by Gasteiger charge is -2.29. The van der Waals surface area contributed by atoms with Crippen LogP contribution in [0, 0.1) is 5.82 Å². The average Bonchev–Trinajstić information content (AvgIpc) is 3.34. The molecule has 0 atom stereocenters. The number of hydrogen-bond donors (Lipinski definition) is 1. The Kier molecular flexibility index (Phi) is 7.97. The highest BCUT2D eigenvalue weighted by atomic mass is 35.5. The Labute approximate surface area is 233 Å². The molecule has 0 bridgehead atoms. The number of nitrogens with one attached hydrogen (secondary N) is 1. The van der Waals surface area contributed by atoms with Crippen molar-refractivity contribution < 1.29 is 14.0 Å². The Bertz CT molecular complexity index is 1500. The second kappa shape index (κ2) is 11.6. The van der Waals surface area contributed by atoms with Crippen molar-refractivity contribution in [3.05, 3.63) is 99.5 Å². The number of fused-ring (bicyclic) bond motifs is 1. The number of thioether (sulfide) groups is 1. The van der Waals surface area contributed by atoms with E-state index in [2.05, 4.69) is 15.5 Å². The molecule has 38 heavy (non-hydrogen) atoms. The number of amides is 2. The molecule has 0 unspecified atom stereocenters. The van der Waals surface area contributed by atoms with Crippen LogP contribution in [0.1, 0.15) is 28.2 Å². The summed E-state index contributed by atoms with van der Waals surface area (Å²) in [6.07, 6.45) is 1.85. The minimum absolute atomic E-state index is 0.0139. The van der Waals surface area contributed by atoms with Gasteiger partial charge in [0.15, 0.2) is 11.0 Å². The third-order valence-corrected chi connectivity index (χ3v) is 7.58. The minimum atomic E-state index is -0.431. The lowest BCUT2D eigenvalue weighted by molar-refractivity contribution is -0.116. The maximum Gasteiger partial charge on any atom is 0.253 e. The van der Waals surface area contributed by atoms with Crippen LogP contribution in [0.4, 0.5) is 10.1 Å². The van der Waals surface area contributed by atoms with Gasteiger partial charge >= 0.3 is 0 Å². The number of carbonyl (C=O) groups is 2. The van der Waals surface area contributed by atoms with Gasteiger partial charge in [0.05, 0.1) is 22.9 Å². The van der Waals surface area contributed by atoms with Crippen LogP contribution in [0.15, 0.2) is 71.9 Å². The van der Waals surface area contributed by atoms with Crippen LogP contribution >= 0.6 is 35.0 Å². The Balaban J connectivity index is 1.36. The van der Waals surface area contributed by atoms with Crippen molar-refractivity contribution in [3.8, 4) is 5.69 Å². The molecule has 3 aromatic carbocycles. The molecule has 1 N–H and O–H groups in total. The van der Waals surface area contributed by atoms with Gasteiger partial charge in [0, 0.05) is 22.9 Å². The van der Waals surface area contributed by atoms with E-state index in [1.807, 2.05) is 24.3 Å². The van der Waals surface area contributed by atoms with Crippen LogP contribution in [0.3, 0.4) is 0 Å². The fourth-order valence-corrected chi connectivity index (χ4v) is 5.50. The van der Waals surface area contributed by atoms with Gasteiger partial charge in [0.2, 0.25) is 5.91 Å². The molecule has 1 aliphatic rings. The SMILES string of the molecule is O=C(NCc1nnc(SCC(=O)N2CCCc3ccccc32)n1-c1ccc(F)cc1)c1cc(Cl)ccc1Cl. The summed E-state index contributed by atoms with van der Waals surface area (Å²) in [6, 6.07) is 18.4. The maximum absolute atomic E-state index is 13.6. The van der Waals surface area contributed by atoms with Gasteiger partial charge in [0.25, 0.3) is 5.91 Å². The molecule has 0 spiro atoms. The number of hydrogen-bond acceptors (Lipinski definition) is 5. The zero-order valence-corrected chi connectivity index (χ0v) is 22.4. The average molecular weight is 570 g/mol. The Morgan fingerprint density at radius 3 is 2.63 bits per heavy atom.